The van der Waals surface area contributed by atoms with Crippen molar-refractivity contribution in [1.29, 1.82) is 0 Å². The van der Waals surface area contributed by atoms with Gasteiger partial charge in [-0.25, -0.2) is 0 Å². The van der Waals surface area contributed by atoms with Gasteiger partial charge >= 0.3 is 0 Å². The minimum atomic E-state index is -0.318. The van der Waals surface area contributed by atoms with Gasteiger partial charge in [0.25, 0.3) is 0 Å². The van der Waals surface area contributed by atoms with Gasteiger partial charge < -0.3 is 14.2 Å². The van der Waals surface area contributed by atoms with Crippen molar-refractivity contribution >= 4 is 22.6 Å². The Hall–Kier alpha value is 0.610. The van der Waals surface area contributed by atoms with Gasteiger partial charge in [-0.15, -0.1) is 0 Å². The molecule has 0 aliphatic heterocycles. The molecule has 116 valence electrons. The van der Waals surface area contributed by atoms with Crippen LogP contribution < -0.4 is 0 Å². The van der Waals surface area contributed by atoms with Gasteiger partial charge in [-0.1, -0.05) is 0 Å². The smallest absolute Gasteiger partial charge is 0.113 e. The summed E-state index contributed by atoms with van der Waals surface area (Å²) in [6.07, 6.45) is 0. The van der Waals surface area contributed by atoms with Crippen LogP contribution in [0.25, 0.3) is 0 Å². The maximum atomic E-state index is 6.00. The summed E-state index contributed by atoms with van der Waals surface area (Å²) in [5, 5.41) is 0. The largest absolute Gasteiger partial charge is 0.370 e. The highest BCUT2D eigenvalue weighted by molar-refractivity contribution is 14.1. The Morgan fingerprint density at radius 2 is 1.11 bits per heavy atom. The second-order valence-electron chi connectivity index (χ2n) is 7.67. The van der Waals surface area contributed by atoms with Crippen molar-refractivity contribution < 1.29 is 14.2 Å². The average molecular weight is 386 g/mol. The van der Waals surface area contributed by atoms with Crippen LogP contribution in [0.15, 0.2) is 0 Å². The van der Waals surface area contributed by atoms with Gasteiger partial charge in [0.2, 0.25) is 0 Å². The first-order valence-corrected chi connectivity index (χ1v) is 7.87. The van der Waals surface area contributed by atoms with Gasteiger partial charge in [-0.2, -0.15) is 0 Å². The van der Waals surface area contributed by atoms with E-state index in [0.29, 0.717) is 13.2 Å². The third-order valence-corrected chi connectivity index (χ3v) is 2.47. The van der Waals surface area contributed by atoms with E-state index >= 15 is 0 Å². The summed E-state index contributed by atoms with van der Waals surface area (Å²) in [5.74, 6) is 0. The lowest BCUT2D eigenvalue weighted by molar-refractivity contribution is -0.178. The summed E-state index contributed by atoms with van der Waals surface area (Å²) in [6.45, 7) is 19.5. The van der Waals surface area contributed by atoms with Crippen LogP contribution in [0.1, 0.15) is 62.3 Å². The van der Waals surface area contributed by atoms with E-state index in [2.05, 4.69) is 57.2 Å². The van der Waals surface area contributed by atoms with Crippen LogP contribution in [0, 0.1) is 0 Å². The van der Waals surface area contributed by atoms with E-state index < -0.39 is 0 Å². The minimum absolute atomic E-state index is 0.169. The van der Waals surface area contributed by atoms with E-state index in [9.17, 15) is 0 Å². The monoisotopic (exact) mass is 386 g/mol. The molecule has 0 aliphatic carbocycles. The maximum absolute atomic E-state index is 6.00. The normalized spacial score (nSPS) is 14.8. The highest BCUT2D eigenvalue weighted by Crippen LogP contribution is 2.25. The molecule has 0 heterocycles. The first-order chi connectivity index (χ1) is 8.12. The first kappa shape index (κ1) is 19.6. The quantitative estimate of drug-likeness (QED) is 0.474. The molecule has 0 fully saturated rings. The van der Waals surface area contributed by atoms with Crippen molar-refractivity contribution in [2.75, 3.05) is 13.2 Å². The molecule has 0 spiro atoms. The molecule has 3 nitrogen and oxygen atoms in total. The minimum Gasteiger partial charge on any atom is -0.370 e. The van der Waals surface area contributed by atoms with E-state index in [1.165, 1.54) is 0 Å². The molecule has 0 saturated carbocycles. The number of alkyl halides is 1. The molecule has 0 aromatic rings. The standard InChI is InChI=1S/C15H31IO3/c1-12(2,3)19-14(6,7)11-17-13(4,5)10-18-15(8,9)16/h10-11H2,1-9H3. The van der Waals surface area contributed by atoms with Gasteiger partial charge in [0.1, 0.15) is 3.61 Å². The first-order valence-electron chi connectivity index (χ1n) is 6.79. The lowest BCUT2D eigenvalue weighted by Crippen LogP contribution is -2.43. The molecule has 0 bridgehead atoms. The number of hydrogen-bond acceptors (Lipinski definition) is 3. The molecule has 0 radical (unpaired) electrons. The SMILES string of the molecule is CC(C)(C)OC(C)(C)COC(C)(C)COC(C)(C)I. The van der Waals surface area contributed by atoms with E-state index in [1.807, 2.05) is 27.7 Å². The predicted octanol–water partition coefficient (Wildman–Crippen LogP) is 4.56. The van der Waals surface area contributed by atoms with Crippen LogP contribution in [0.4, 0.5) is 0 Å². The molecule has 19 heavy (non-hydrogen) atoms. The van der Waals surface area contributed by atoms with Crippen LogP contribution >= 0.6 is 22.6 Å². The number of hydrogen-bond donors (Lipinski definition) is 0. The number of ether oxygens (including phenoxy) is 3. The lowest BCUT2D eigenvalue weighted by Gasteiger charge is -2.37. The fourth-order valence-corrected chi connectivity index (χ4v) is 1.77. The zero-order chi connectivity index (χ0) is 15.5. The summed E-state index contributed by atoms with van der Waals surface area (Å²) in [6, 6.07) is 0. The summed E-state index contributed by atoms with van der Waals surface area (Å²) < 4.78 is 17.6. The number of rotatable bonds is 7. The Labute approximate surface area is 132 Å². The molecule has 0 atom stereocenters. The molecule has 0 saturated heterocycles. The summed E-state index contributed by atoms with van der Waals surface area (Å²) >= 11 is 2.28. The maximum Gasteiger partial charge on any atom is 0.113 e. The molecule has 0 aromatic heterocycles. The predicted molar refractivity (Wildman–Crippen MR) is 89.0 cm³/mol. The molecule has 0 amide bonds. The third-order valence-electron chi connectivity index (χ3n) is 2.16. The van der Waals surface area contributed by atoms with E-state index in [4.69, 9.17) is 14.2 Å². The second kappa shape index (κ2) is 6.58. The van der Waals surface area contributed by atoms with E-state index in [1.54, 1.807) is 0 Å². The van der Waals surface area contributed by atoms with Gasteiger partial charge in [0, 0.05) is 0 Å². The van der Waals surface area contributed by atoms with Gasteiger partial charge in [0.15, 0.2) is 0 Å². The fraction of sp³-hybridized carbons (Fsp3) is 1.00. The molecule has 0 aromatic carbocycles. The fourth-order valence-electron chi connectivity index (χ4n) is 1.61. The Morgan fingerprint density at radius 3 is 1.47 bits per heavy atom. The summed E-state index contributed by atoms with van der Waals surface area (Å²) in [5.41, 5.74) is -0.798. The molecular weight excluding hydrogens is 355 g/mol. The summed E-state index contributed by atoms with van der Waals surface area (Å²) in [7, 11) is 0. The van der Waals surface area contributed by atoms with Crippen molar-refractivity contribution in [2.45, 2.75) is 82.7 Å². The topological polar surface area (TPSA) is 27.7 Å². The molecule has 4 heteroatoms. The van der Waals surface area contributed by atoms with Crippen molar-refractivity contribution in [1.82, 2.24) is 0 Å². The van der Waals surface area contributed by atoms with Crippen LogP contribution in [0.2, 0.25) is 0 Å². The van der Waals surface area contributed by atoms with E-state index in [0.717, 1.165) is 0 Å². The zero-order valence-electron chi connectivity index (χ0n) is 14.0. The van der Waals surface area contributed by atoms with Crippen molar-refractivity contribution in [3.05, 3.63) is 0 Å². The van der Waals surface area contributed by atoms with Crippen LogP contribution in [-0.2, 0) is 14.2 Å². The zero-order valence-corrected chi connectivity index (χ0v) is 16.2. The van der Waals surface area contributed by atoms with Crippen LogP contribution in [0.5, 0.6) is 0 Å². The van der Waals surface area contributed by atoms with Crippen LogP contribution in [0.3, 0.4) is 0 Å². The Balaban J connectivity index is 4.29. The molecule has 0 N–H and O–H groups in total. The third kappa shape index (κ3) is 12.1. The lowest BCUT2D eigenvalue weighted by atomic mass is 10.1. The highest BCUT2D eigenvalue weighted by atomic mass is 127. The van der Waals surface area contributed by atoms with Crippen molar-refractivity contribution in [2.24, 2.45) is 0 Å². The van der Waals surface area contributed by atoms with Gasteiger partial charge in [-0.05, 0) is 84.9 Å². The molecular formula is C15H31IO3. The highest BCUT2D eigenvalue weighted by Gasteiger charge is 2.30. The Bertz CT molecular complexity index is 272. The Kier molecular flexibility index (Phi) is 6.79. The van der Waals surface area contributed by atoms with Crippen LogP contribution in [-0.4, -0.2) is 33.6 Å². The average Bonchev–Trinajstić information content (AvgIpc) is 2.08. The molecule has 0 rings (SSSR count). The van der Waals surface area contributed by atoms with Crippen molar-refractivity contribution in [3.8, 4) is 0 Å². The van der Waals surface area contributed by atoms with Gasteiger partial charge in [0.05, 0.1) is 30.0 Å². The summed E-state index contributed by atoms with van der Waals surface area (Å²) in [4.78, 5) is 0. The second-order valence-corrected chi connectivity index (χ2v) is 10.3. The van der Waals surface area contributed by atoms with E-state index in [-0.39, 0.29) is 20.4 Å². The Morgan fingerprint density at radius 1 is 0.684 bits per heavy atom. The molecule has 0 unspecified atom stereocenters. The number of halogens is 1. The molecule has 0 aliphatic rings. The van der Waals surface area contributed by atoms with Gasteiger partial charge in [-0.3, -0.25) is 0 Å². The van der Waals surface area contributed by atoms with Crippen molar-refractivity contribution in [3.63, 3.8) is 0 Å².